The van der Waals surface area contributed by atoms with Gasteiger partial charge in [-0.3, -0.25) is 0 Å². The zero-order chi connectivity index (χ0) is 23.8. The molecule has 0 amide bonds. The molecule has 33 heavy (non-hydrogen) atoms. The van der Waals surface area contributed by atoms with E-state index in [-0.39, 0.29) is 15.6 Å². The zero-order valence-corrected chi connectivity index (χ0v) is 18.8. The minimum Gasteiger partial charge on any atom is -0.465 e. The zero-order valence-electron chi connectivity index (χ0n) is 16.5. The SMILES string of the molecule is COC(=O)c1cc(Cl)c(Nc2nc3c(Nc4ccc(C(F)(F)F)cc4)ncnc3s2)c(Cl)c1. The van der Waals surface area contributed by atoms with Crippen molar-refractivity contribution < 1.29 is 22.7 Å². The number of carbonyl (C=O) groups is 1. The maximum atomic E-state index is 12.8. The normalized spacial score (nSPS) is 11.5. The Labute approximate surface area is 198 Å². The van der Waals surface area contributed by atoms with Gasteiger partial charge in [0.25, 0.3) is 0 Å². The van der Waals surface area contributed by atoms with Crippen molar-refractivity contribution in [3.8, 4) is 0 Å². The molecule has 4 rings (SSSR count). The molecule has 7 nitrogen and oxygen atoms in total. The number of nitrogens with zero attached hydrogens (tertiary/aromatic N) is 3. The number of carbonyl (C=O) groups excluding carboxylic acids is 1. The number of hydrogen-bond acceptors (Lipinski definition) is 8. The molecule has 0 fully saturated rings. The van der Waals surface area contributed by atoms with Crippen LogP contribution in [0.3, 0.4) is 0 Å². The standard InChI is InChI=1S/C20H12Cl2F3N5O2S/c1-32-18(31)9-6-12(21)14(13(22)7-9)29-19-30-15-16(26-8-27-17(15)33-19)28-11-4-2-10(3-5-11)20(23,24)25/h2-8H,1H3,(H,29,30)(H,26,27,28). The third-order valence-electron chi connectivity index (χ3n) is 4.37. The molecule has 2 N–H and O–H groups in total. The van der Waals surface area contributed by atoms with Crippen molar-refractivity contribution in [3.05, 3.63) is 63.9 Å². The minimum absolute atomic E-state index is 0.177. The van der Waals surface area contributed by atoms with Gasteiger partial charge in [-0.25, -0.2) is 19.7 Å². The van der Waals surface area contributed by atoms with Crippen molar-refractivity contribution in [2.45, 2.75) is 6.18 Å². The fourth-order valence-corrected chi connectivity index (χ4v) is 4.21. The first-order valence-electron chi connectivity index (χ1n) is 9.06. The van der Waals surface area contributed by atoms with E-state index in [4.69, 9.17) is 23.2 Å². The molecule has 0 saturated heterocycles. The Morgan fingerprint density at radius 3 is 2.33 bits per heavy atom. The van der Waals surface area contributed by atoms with E-state index in [2.05, 4.69) is 30.3 Å². The number of benzene rings is 2. The lowest BCUT2D eigenvalue weighted by atomic mass is 10.2. The molecule has 0 aliphatic heterocycles. The molecule has 0 atom stereocenters. The molecule has 13 heteroatoms. The molecular weight excluding hydrogens is 502 g/mol. The van der Waals surface area contributed by atoms with Gasteiger partial charge in [0.1, 0.15) is 11.8 Å². The molecule has 0 radical (unpaired) electrons. The lowest BCUT2D eigenvalue weighted by Gasteiger charge is -2.10. The molecule has 0 spiro atoms. The van der Waals surface area contributed by atoms with Crippen LogP contribution < -0.4 is 10.6 Å². The highest BCUT2D eigenvalue weighted by Gasteiger charge is 2.30. The van der Waals surface area contributed by atoms with E-state index in [0.29, 0.717) is 32.7 Å². The number of esters is 1. The number of anilines is 4. The van der Waals surface area contributed by atoms with Crippen LogP contribution >= 0.6 is 34.5 Å². The maximum absolute atomic E-state index is 12.8. The van der Waals surface area contributed by atoms with Crippen LogP contribution in [0.5, 0.6) is 0 Å². The number of fused-ring (bicyclic) bond motifs is 1. The molecular formula is C20H12Cl2F3N5O2S. The third-order valence-corrected chi connectivity index (χ3v) is 5.84. The molecule has 0 bridgehead atoms. The number of halogens is 5. The van der Waals surface area contributed by atoms with Crippen LogP contribution in [0.2, 0.25) is 10.0 Å². The number of nitrogens with one attached hydrogen (secondary N) is 2. The summed E-state index contributed by atoms with van der Waals surface area (Å²) < 4.78 is 43.0. The van der Waals surface area contributed by atoms with Gasteiger partial charge in [0.05, 0.1) is 34.0 Å². The topological polar surface area (TPSA) is 89.0 Å². The van der Waals surface area contributed by atoms with Gasteiger partial charge in [0.2, 0.25) is 0 Å². The van der Waals surface area contributed by atoms with Gasteiger partial charge in [-0.05, 0) is 36.4 Å². The van der Waals surface area contributed by atoms with E-state index in [1.54, 1.807) is 0 Å². The molecule has 0 aliphatic carbocycles. The summed E-state index contributed by atoms with van der Waals surface area (Å²) in [5.41, 5.74) is 0.554. The minimum atomic E-state index is -4.42. The van der Waals surface area contributed by atoms with E-state index in [9.17, 15) is 18.0 Å². The van der Waals surface area contributed by atoms with Crippen LogP contribution in [-0.4, -0.2) is 28.0 Å². The maximum Gasteiger partial charge on any atom is 0.416 e. The van der Waals surface area contributed by atoms with Crippen molar-refractivity contribution >= 4 is 73.2 Å². The fourth-order valence-electron chi connectivity index (χ4n) is 2.81. The van der Waals surface area contributed by atoms with Gasteiger partial charge in [-0.15, -0.1) is 0 Å². The van der Waals surface area contributed by atoms with Crippen molar-refractivity contribution in [1.82, 2.24) is 15.0 Å². The Morgan fingerprint density at radius 1 is 1.06 bits per heavy atom. The Balaban J connectivity index is 1.61. The van der Waals surface area contributed by atoms with E-state index < -0.39 is 17.7 Å². The summed E-state index contributed by atoms with van der Waals surface area (Å²) in [5.74, 6) is -0.276. The van der Waals surface area contributed by atoms with E-state index in [0.717, 1.165) is 12.1 Å². The van der Waals surface area contributed by atoms with Crippen LogP contribution in [0.25, 0.3) is 10.3 Å². The average molecular weight is 514 g/mol. The molecule has 170 valence electrons. The van der Waals surface area contributed by atoms with E-state index >= 15 is 0 Å². The highest BCUT2D eigenvalue weighted by Crippen LogP contribution is 2.37. The average Bonchev–Trinajstić information content (AvgIpc) is 3.19. The predicted octanol–water partition coefficient (Wildman–Crippen LogP) is 6.69. The summed E-state index contributed by atoms with van der Waals surface area (Å²) in [6.07, 6.45) is -3.12. The number of ether oxygens (including phenoxy) is 1. The van der Waals surface area contributed by atoms with Gasteiger partial charge in [-0.2, -0.15) is 13.2 Å². The summed E-state index contributed by atoms with van der Waals surface area (Å²) in [7, 11) is 1.24. The van der Waals surface area contributed by atoms with Gasteiger partial charge in [0.15, 0.2) is 15.8 Å². The third kappa shape index (κ3) is 4.95. The smallest absolute Gasteiger partial charge is 0.416 e. The van der Waals surface area contributed by atoms with Crippen molar-refractivity contribution in [3.63, 3.8) is 0 Å². The highest BCUT2D eigenvalue weighted by molar-refractivity contribution is 7.21. The van der Waals surface area contributed by atoms with E-state index in [1.165, 1.54) is 49.0 Å². The summed E-state index contributed by atoms with van der Waals surface area (Å²) in [5, 5.41) is 6.69. The second kappa shape index (κ2) is 9.00. The Kier molecular flexibility index (Phi) is 6.28. The van der Waals surface area contributed by atoms with Crippen molar-refractivity contribution in [2.24, 2.45) is 0 Å². The summed E-state index contributed by atoms with van der Waals surface area (Å²) >= 11 is 13.7. The number of methoxy groups -OCH3 is 1. The second-order valence-corrected chi connectivity index (χ2v) is 8.32. The number of thiazole rings is 1. The number of hydrogen-bond donors (Lipinski definition) is 2. The summed E-state index contributed by atoms with van der Waals surface area (Å²) in [6.45, 7) is 0. The highest BCUT2D eigenvalue weighted by atomic mass is 35.5. The van der Waals surface area contributed by atoms with Crippen molar-refractivity contribution in [2.75, 3.05) is 17.7 Å². The van der Waals surface area contributed by atoms with Crippen molar-refractivity contribution in [1.29, 1.82) is 0 Å². The van der Waals surface area contributed by atoms with Crippen LogP contribution in [0, 0.1) is 0 Å². The Hall–Kier alpha value is -3.15. The molecule has 4 aromatic rings. The first-order chi connectivity index (χ1) is 15.7. The molecule has 2 aromatic heterocycles. The number of rotatable bonds is 5. The van der Waals surface area contributed by atoms with Gasteiger partial charge < -0.3 is 15.4 Å². The van der Waals surface area contributed by atoms with Gasteiger partial charge in [-0.1, -0.05) is 34.5 Å². The Bertz CT molecular complexity index is 1320. The number of aromatic nitrogens is 3. The summed E-state index contributed by atoms with van der Waals surface area (Å²) in [4.78, 5) is 25.0. The van der Waals surface area contributed by atoms with Gasteiger partial charge in [0, 0.05) is 5.69 Å². The lowest BCUT2D eigenvalue weighted by molar-refractivity contribution is -0.137. The Morgan fingerprint density at radius 2 is 1.73 bits per heavy atom. The number of alkyl halides is 3. The second-order valence-electron chi connectivity index (χ2n) is 6.53. The summed E-state index contributed by atoms with van der Waals surface area (Å²) in [6, 6.07) is 7.35. The monoisotopic (exact) mass is 513 g/mol. The molecule has 0 unspecified atom stereocenters. The first-order valence-corrected chi connectivity index (χ1v) is 10.6. The van der Waals surface area contributed by atoms with Crippen LogP contribution in [0.15, 0.2) is 42.7 Å². The lowest BCUT2D eigenvalue weighted by Crippen LogP contribution is -2.04. The van der Waals surface area contributed by atoms with E-state index in [1.807, 2.05) is 0 Å². The van der Waals surface area contributed by atoms with Crippen LogP contribution in [0.1, 0.15) is 15.9 Å². The van der Waals surface area contributed by atoms with Crippen LogP contribution in [-0.2, 0) is 10.9 Å². The fraction of sp³-hybridized carbons (Fsp3) is 0.100. The predicted molar refractivity (Wildman–Crippen MR) is 121 cm³/mol. The molecule has 0 saturated carbocycles. The van der Waals surface area contributed by atoms with Gasteiger partial charge >= 0.3 is 12.1 Å². The molecule has 2 aromatic carbocycles. The molecule has 0 aliphatic rings. The largest absolute Gasteiger partial charge is 0.465 e. The quantitative estimate of drug-likeness (QED) is 0.287. The first kappa shape index (κ1) is 23.0. The van der Waals surface area contributed by atoms with Crippen LogP contribution in [0.4, 0.5) is 35.5 Å². The molecule has 2 heterocycles.